The van der Waals surface area contributed by atoms with Crippen molar-refractivity contribution in [2.24, 2.45) is 0 Å². The standard InChI is InChI=1S/C6H9NO/c1-5(8)2-6-3-7-4-6/h2-3,7-8H,4H2,1H3/b5-2-. The summed E-state index contributed by atoms with van der Waals surface area (Å²) in [6.45, 7) is 2.55. The van der Waals surface area contributed by atoms with Gasteiger partial charge in [0.25, 0.3) is 0 Å². The first kappa shape index (κ1) is 5.22. The van der Waals surface area contributed by atoms with Crippen molar-refractivity contribution in [2.45, 2.75) is 6.92 Å². The lowest BCUT2D eigenvalue weighted by Crippen LogP contribution is -2.20. The molecule has 0 saturated heterocycles. The maximum atomic E-state index is 8.68. The smallest absolute Gasteiger partial charge is 0.0895 e. The van der Waals surface area contributed by atoms with Crippen LogP contribution in [0.1, 0.15) is 6.92 Å². The first-order valence-electron chi connectivity index (χ1n) is 2.59. The Balaban J connectivity index is 2.50. The summed E-state index contributed by atoms with van der Waals surface area (Å²) in [7, 11) is 0. The van der Waals surface area contributed by atoms with Crippen molar-refractivity contribution in [1.29, 1.82) is 0 Å². The summed E-state index contributed by atoms with van der Waals surface area (Å²) in [5.74, 6) is 0.373. The van der Waals surface area contributed by atoms with Crippen LogP contribution in [0.2, 0.25) is 0 Å². The highest BCUT2D eigenvalue weighted by Gasteiger charge is 1.99. The van der Waals surface area contributed by atoms with Gasteiger partial charge in [-0.1, -0.05) is 0 Å². The molecule has 0 unspecified atom stereocenters. The molecule has 8 heavy (non-hydrogen) atoms. The number of hydrogen-bond acceptors (Lipinski definition) is 2. The molecule has 0 bridgehead atoms. The molecule has 0 fully saturated rings. The van der Waals surface area contributed by atoms with E-state index in [-0.39, 0.29) is 0 Å². The zero-order chi connectivity index (χ0) is 5.98. The third-order valence-corrected chi connectivity index (χ3v) is 0.988. The second-order valence-corrected chi connectivity index (χ2v) is 1.89. The van der Waals surface area contributed by atoms with Gasteiger partial charge < -0.3 is 10.4 Å². The average Bonchev–Trinajstić information content (AvgIpc) is 1.55. The Kier molecular flexibility index (Phi) is 1.24. The Bertz CT molecular complexity index is 143. The summed E-state index contributed by atoms with van der Waals surface area (Å²) >= 11 is 0. The lowest BCUT2D eigenvalue weighted by Gasteiger charge is -2.12. The van der Waals surface area contributed by atoms with Gasteiger partial charge in [-0.15, -0.1) is 0 Å². The minimum atomic E-state index is 0.373. The number of rotatable bonds is 1. The Morgan fingerprint density at radius 1 is 2.00 bits per heavy atom. The van der Waals surface area contributed by atoms with Crippen LogP contribution in [0.3, 0.4) is 0 Å². The maximum absolute atomic E-state index is 8.68. The van der Waals surface area contributed by atoms with Crippen molar-refractivity contribution in [2.75, 3.05) is 6.54 Å². The molecule has 0 radical (unpaired) electrons. The van der Waals surface area contributed by atoms with Crippen LogP contribution < -0.4 is 5.32 Å². The van der Waals surface area contributed by atoms with Crippen molar-refractivity contribution in [3.05, 3.63) is 23.6 Å². The largest absolute Gasteiger partial charge is 0.513 e. The molecule has 0 saturated carbocycles. The van der Waals surface area contributed by atoms with Gasteiger partial charge >= 0.3 is 0 Å². The van der Waals surface area contributed by atoms with E-state index in [2.05, 4.69) is 5.32 Å². The van der Waals surface area contributed by atoms with E-state index in [1.165, 1.54) is 0 Å². The SMILES string of the molecule is C/C(O)=C/C1=CNC1. The number of nitrogens with one attached hydrogen (secondary N) is 1. The van der Waals surface area contributed by atoms with Crippen LogP contribution >= 0.6 is 0 Å². The normalized spacial score (nSPS) is 18.6. The lowest BCUT2D eigenvalue weighted by atomic mass is 10.2. The Morgan fingerprint density at radius 3 is 2.75 bits per heavy atom. The molecule has 0 aromatic carbocycles. The van der Waals surface area contributed by atoms with Gasteiger partial charge in [0.2, 0.25) is 0 Å². The van der Waals surface area contributed by atoms with Gasteiger partial charge in [0.15, 0.2) is 0 Å². The molecule has 2 nitrogen and oxygen atoms in total. The number of allylic oxidation sites excluding steroid dienone is 1. The quantitative estimate of drug-likeness (QED) is 0.493. The van der Waals surface area contributed by atoms with Gasteiger partial charge in [0, 0.05) is 12.7 Å². The van der Waals surface area contributed by atoms with Gasteiger partial charge in [0.1, 0.15) is 0 Å². The fourth-order valence-corrected chi connectivity index (χ4v) is 0.581. The topological polar surface area (TPSA) is 32.3 Å². The molecule has 0 atom stereocenters. The number of aliphatic hydroxyl groups is 1. The van der Waals surface area contributed by atoms with E-state index in [0.717, 1.165) is 12.1 Å². The fourth-order valence-electron chi connectivity index (χ4n) is 0.581. The number of hydrogen-bond donors (Lipinski definition) is 2. The molecule has 1 heterocycles. The van der Waals surface area contributed by atoms with Crippen molar-refractivity contribution in [3.63, 3.8) is 0 Å². The molecule has 1 aliphatic rings. The molecule has 0 spiro atoms. The van der Waals surface area contributed by atoms with E-state index in [0.29, 0.717) is 5.76 Å². The summed E-state index contributed by atoms with van der Waals surface area (Å²) < 4.78 is 0. The van der Waals surface area contributed by atoms with Crippen molar-refractivity contribution in [1.82, 2.24) is 5.32 Å². The van der Waals surface area contributed by atoms with Gasteiger partial charge in [-0.3, -0.25) is 0 Å². The van der Waals surface area contributed by atoms with E-state index in [1.807, 2.05) is 6.20 Å². The van der Waals surface area contributed by atoms with Gasteiger partial charge in [-0.05, 0) is 18.6 Å². The van der Waals surface area contributed by atoms with E-state index < -0.39 is 0 Å². The molecule has 1 aliphatic heterocycles. The van der Waals surface area contributed by atoms with Crippen molar-refractivity contribution < 1.29 is 5.11 Å². The zero-order valence-electron chi connectivity index (χ0n) is 4.81. The molecule has 0 aromatic heterocycles. The molecule has 2 N–H and O–H groups in total. The Labute approximate surface area is 48.5 Å². The minimum Gasteiger partial charge on any atom is -0.513 e. The molecule has 0 aromatic rings. The predicted octanol–water partition coefficient (Wildman–Crippen LogP) is 0.935. The molecular formula is C6H9NO. The maximum Gasteiger partial charge on any atom is 0.0895 e. The summed E-state index contributed by atoms with van der Waals surface area (Å²) in [4.78, 5) is 0. The highest BCUT2D eigenvalue weighted by Crippen LogP contribution is 2.03. The lowest BCUT2D eigenvalue weighted by molar-refractivity contribution is 0.413. The molecule has 2 heteroatoms. The summed E-state index contributed by atoms with van der Waals surface area (Å²) in [5, 5.41) is 11.6. The van der Waals surface area contributed by atoms with E-state index >= 15 is 0 Å². The van der Waals surface area contributed by atoms with Crippen LogP contribution in [-0.4, -0.2) is 11.7 Å². The minimum absolute atomic E-state index is 0.373. The third kappa shape index (κ3) is 1.03. The van der Waals surface area contributed by atoms with E-state index in [1.54, 1.807) is 13.0 Å². The van der Waals surface area contributed by atoms with Crippen LogP contribution in [0, 0.1) is 0 Å². The highest BCUT2D eigenvalue weighted by atomic mass is 16.3. The second kappa shape index (κ2) is 1.90. The van der Waals surface area contributed by atoms with Crippen LogP contribution in [0.25, 0.3) is 0 Å². The van der Waals surface area contributed by atoms with Gasteiger partial charge in [-0.2, -0.15) is 0 Å². The van der Waals surface area contributed by atoms with Crippen LogP contribution in [-0.2, 0) is 0 Å². The Hall–Kier alpha value is -0.920. The first-order chi connectivity index (χ1) is 3.79. The summed E-state index contributed by atoms with van der Waals surface area (Å²) in [6, 6.07) is 0. The predicted molar refractivity (Wildman–Crippen MR) is 32.5 cm³/mol. The summed E-state index contributed by atoms with van der Waals surface area (Å²) in [6.07, 6.45) is 3.62. The van der Waals surface area contributed by atoms with Crippen LogP contribution in [0.15, 0.2) is 23.6 Å². The van der Waals surface area contributed by atoms with Crippen LogP contribution in [0.5, 0.6) is 0 Å². The van der Waals surface area contributed by atoms with Gasteiger partial charge in [0.05, 0.1) is 5.76 Å². The van der Waals surface area contributed by atoms with E-state index in [4.69, 9.17) is 5.11 Å². The zero-order valence-corrected chi connectivity index (χ0v) is 4.81. The van der Waals surface area contributed by atoms with Gasteiger partial charge in [-0.25, -0.2) is 0 Å². The second-order valence-electron chi connectivity index (χ2n) is 1.89. The van der Waals surface area contributed by atoms with Crippen molar-refractivity contribution >= 4 is 0 Å². The monoisotopic (exact) mass is 111 g/mol. The molecule has 1 rings (SSSR count). The first-order valence-corrected chi connectivity index (χ1v) is 2.59. The highest BCUT2D eigenvalue weighted by molar-refractivity contribution is 5.26. The third-order valence-electron chi connectivity index (χ3n) is 0.988. The fraction of sp³-hybridized carbons (Fsp3) is 0.333. The molecule has 0 amide bonds. The van der Waals surface area contributed by atoms with Crippen molar-refractivity contribution in [3.8, 4) is 0 Å². The van der Waals surface area contributed by atoms with Crippen LogP contribution in [0.4, 0.5) is 0 Å². The molecule has 0 aliphatic carbocycles. The molecular weight excluding hydrogens is 102 g/mol. The average molecular weight is 111 g/mol. The number of aliphatic hydroxyl groups excluding tert-OH is 1. The summed E-state index contributed by atoms with van der Waals surface area (Å²) in [5.41, 5.74) is 1.16. The van der Waals surface area contributed by atoms with E-state index in [9.17, 15) is 0 Å². The Morgan fingerprint density at radius 2 is 2.62 bits per heavy atom. The molecule has 44 valence electrons.